The summed E-state index contributed by atoms with van der Waals surface area (Å²) in [5, 5.41) is 3.04. The molecule has 1 atom stereocenters. The number of rotatable bonds is 2. The zero-order valence-corrected chi connectivity index (χ0v) is 5.15. The highest BCUT2D eigenvalue weighted by Crippen LogP contribution is 2.14. The molecule has 0 aromatic heterocycles. The first kappa shape index (κ1) is 6.02. The van der Waals surface area contributed by atoms with E-state index in [1.807, 2.05) is 6.92 Å². The molecule has 0 amide bonds. The standard InChI is InChI=1S/C6H12FN/c1-2-6(7)5-3-8-4-5/h5-6,8H,2-4H2,1H3. The summed E-state index contributed by atoms with van der Waals surface area (Å²) in [6.07, 6.45) is 0.114. The van der Waals surface area contributed by atoms with Crippen LogP contribution in [0.4, 0.5) is 4.39 Å². The fourth-order valence-corrected chi connectivity index (χ4v) is 0.900. The third-order valence-electron chi connectivity index (χ3n) is 1.71. The highest BCUT2D eigenvalue weighted by atomic mass is 19.1. The van der Waals surface area contributed by atoms with Crippen molar-refractivity contribution in [1.82, 2.24) is 5.32 Å². The minimum Gasteiger partial charge on any atom is -0.316 e. The highest BCUT2D eigenvalue weighted by Gasteiger charge is 2.24. The van der Waals surface area contributed by atoms with Crippen LogP contribution in [0.2, 0.25) is 0 Å². The van der Waals surface area contributed by atoms with Crippen molar-refractivity contribution in [1.29, 1.82) is 0 Å². The van der Waals surface area contributed by atoms with Gasteiger partial charge in [-0.05, 0) is 6.42 Å². The van der Waals surface area contributed by atoms with Crippen molar-refractivity contribution < 1.29 is 4.39 Å². The topological polar surface area (TPSA) is 12.0 Å². The Labute approximate surface area is 49.3 Å². The van der Waals surface area contributed by atoms with Crippen molar-refractivity contribution in [3.8, 4) is 0 Å². The molecular formula is C6H12FN. The Balaban J connectivity index is 2.13. The average Bonchev–Trinajstić information content (AvgIpc) is 1.62. The number of alkyl halides is 1. The lowest BCUT2D eigenvalue weighted by Crippen LogP contribution is -2.46. The van der Waals surface area contributed by atoms with Gasteiger partial charge in [-0.1, -0.05) is 6.92 Å². The molecule has 1 saturated heterocycles. The smallest absolute Gasteiger partial charge is 0.105 e. The first-order valence-corrected chi connectivity index (χ1v) is 3.19. The van der Waals surface area contributed by atoms with Crippen molar-refractivity contribution in [3.05, 3.63) is 0 Å². The van der Waals surface area contributed by atoms with Crippen LogP contribution in [0.15, 0.2) is 0 Å². The number of nitrogens with one attached hydrogen (secondary N) is 1. The van der Waals surface area contributed by atoms with E-state index < -0.39 is 6.17 Å². The fourth-order valence-electron chi connectivity index (χ4n) is 0.900. The van der Waals surface area contributed by atoms with Gasteiger partial charge in [-0.2, -0.15) is 0 Å². The third-order valence-corrected chi connectivity index (χ3v) is 1.71. The molecule has 1 heterocycles. The number of halogens is 1. The molecule has 0 saturated carbocycles. The average molecular weight is 117 g/mol. The van der Waals surface area contributed by atoms with E-state index in [4.69, 9.17) is 0 Å². The first-order valence-electron chi connectivity index (χ1n) is 3.19. The van der Waals surface area contributed by atoms with Gasteiger partial charge in [-0.25, -0.2) is 4.39 Å². The summed E-state index contributed by atoms with van der Waals surface area (Å²) in [5.41, 5.74) is 0. The Morgan fingerprint density at radius 1 is 1.75 bits per heavy atom. The van der Waals surface area contributed by atoms with Crippen molar-refractivity contribution in [2.75, 3.05) is 13.1 Å². The molecule has 1 fully saturated rings. The lowest BCUT2D eigenvalue weighted by Gasteiger charge is -2.29. The maximum atomic E-state index is 12.5. The first-order chi connectivity index (χ1) is 3.84. The van der Waals surface area contributed by atoms with E-state index in [0.29, 0.717) is 12.3 Å². The quantitative estimate of drug-likeness (QED) is 0.568. The lowest BCUT2D eigenvalue weighted by atomic mass is 9.96. The Bertz CT molecular complexity index is 68.2. The van der Waals surface area contributed by atoms with Gasteiger partial charge in [0.05, 0.1) is 0 Å². The molecule has 0 bridgehead atoms. The highest BCUT2D eigenvalue weighted by molar-refractivity contribution is 4.80. The van der Waals surface area contributed by atoms with E-state index in [1.165, 1.54) is 0 Å². The molecule has 1 aliphatic rings. The SMILES string of the molecule is CCC(F)C1CNC1. The third kappa shape index (κ3) is 0.996. The molecule has 0 aliphatic carbocycles. The normalized spacial score (nSPS) is 24.8. The molecule has 0 aromatic rings. The van der Waals surface area contributed by atoms with Crippen LogP contribution in [0.1, 0.15) is 13.3 Å². The maximum absolute atomic E-state index is 12.5. The van der Waals surface area contributed by atoms with Gasteiger partial charge < -0.3 is 5.32 Å². The van der Waals surface area contributed by atoms with E-state index in [-0.39, 0.29) is 0 Å². The molecule has 1 rings (SSSR count). The van der Waals surface area contributed by atoms with Gasteiger partial charge in [0.15, 0.2) is 0 Å². The predicted octanol–water partition coefficient (Wildman–Crippen LogP) is 0.954. The summed E-state index contributed by atoms with van der Waals surface area (Å²) in [6.45, 7) is 3.66. The van der Waals surface area contributed by atoms with E-state index >= 15 is 0 Å². The van der Waals surface area contributed by atoms with Gasteiger partial charge in [0, 0.05) is 19.0 Å². The Hall–Kier alpha value is -0.110. The minimum atomic E-state index is -0.559. The monoisotopic (exact) mass is 117 g/mol. The van der Waals surface area contributed by atoms with Gasteiger partial charge in [0.25, 0.3) is 0 Å². The zero-order chi connectivity index (χ0) is 5.98. The maximum Gasteiger partial charge on any atom is 0.105 e. The van der Waals surface area contributed by atoms with E-state index in [2.05, 4.69) is 5.32 Å². The number of hydrogen-bond donors (Lipinski definition) is 1. The predicted molar refractivity (Wildman–Crippen MR) is 31.5 cm³/mol. The molecular weight excluding hydrogens is 105 g/mol. The molecule has 48 valence electrons. The Morgan fingerprint density at radius 2 is 2.38 bits per heavy atom. The van der Waals surface area contributed by atoms with Crippen LogP contribution in [0.3, 0.4) is 0 Å². The summed E-state index contributed by atoms with van der Waals surface area (Å²) in [7, 11) is 0. The van der Waals surface area contributed by atoms with Gasteiger partial charge >= 0.3 is 0 Å². The summed E-state index contributed by atoms with van der Waals surface area (Å²) in [6, 6.07) is 0. The van der Waals surface area contributed by atoms with Crippen LogP contribution in [-0.4, -0.2) is 19.3 Å². The molecule has 0 radical (unpaired) electrons. The Kier molecular flexibility index (Phi) is 1.84. The molecule has 0 aromatic carbocycles. The van der Waals surface area contributed by atoms with E-state index in [9.17, 15) is 4.39 Å². The van der Waals surface area contributed by atoms with Gasteiger partial charge in [-0.15, -0.1) is 0 Å². The molecule has 1 nitrogen and oxygen atoms in total. The van der Waals surface area contributed by atoms with Crippen LogP contribution in [0.5, 0.6) is 0 Å². The van der Waals surface area contributed by atoms with Gasteiger partial charge in [0.2, 0.25) is 0 Å². The van der Waals surface area contributed by atoms with Crippen LogP contribution < -0.4 is 5.32 Å². The van der Waals surface area contributed by atoms with Crippen molar-refractivity contribution in [3.63, 3.8) is 0 Å². The van der Waals surface area contributed by atoms with Crippen LogP contribution >= 0.6 is 0 Å². The largest absolute Gasteiger partial charge is 0.316 e. The Morgan fingerprint density at radius 3 is 2.50 bits per heavy atom. The van der Waals surface area contributed by atoms with Crippen LogP contribution in [-0.2, 0) is 0 Å². The second kappa shape index (κ2) is 2.44. The molecule has 0 spiro atoms. The van der Waals surface area contributed by atoms with E-state index in [0.717, 1.165) is 13.1 Å². The van der Waals surface area contributed by atoms with Crippen molar-refractivity contribution >= 4 is 0 Å². The van der Waals surface area contributed by atoms with Crippen LogP contribution in [0.25, 0.3) is 0 Å². The minimum absolute atomic E-state index is 0.319. The van der Waals surface area contributed by atoms with Gasteiger partial charge in [0.1, 0.15) is 6.17 Å². The second-order valence-electron chi connectivity index (χ2n) is 2.34. The van der Waals surface area contributed by atoms with Gasteiger partial charge in [-0.3, -0.25) is 0 Å². The van der Waals surface area contributed by atoms with Crippen molar-refractivity contribution in [2.24, 2.45) is 5.92 Å². The summed E-state index contributed by atoms with van der Waals surface area (Å²) in [4.78, 5) is 0. The van der Waals surface area contributed by atoms with E-state index in [1.54, 1.807) is 0 Å². The zero-order valence-electron chi connectivity index (χ0n) is 5.15. The van der Waals surface area contributed by atoms with Crippen LogP contribution in [0, 0.1) is 5.92 Å². The molecule has 2 heteroatoms. The molecule has 1 N–H and O–H groups in total. The van der Waals surface area contributed by atoms with Crippen molar-refractivity contribution in [2.45, 2.75) is 19.5 Å². The summed E-state index contributed by atoms with van der Waals surface area (Å²) in [5.74, 6) is 0.319. The lowest BCUT2D eigenvalue weighted by molar-refractivity contribution is 0.165. The molecule has 8 heavy (non-hydrogen) atoms. The summed E-state index contributed by atoms with van der Waals surface area (Å²) < 4.78 is 12.5. The molecule has 1 unspecified atom stereocenters. The second-order valence-corrected chi connectivity index (χ2v) is 2.34. The molecule has 1 aliphatic heterocycles. The fraction of sp³-hybridized carbons (Fsp3) is 1.00. The summed E-state index contributed by atoms with van der Waals surface area (Å²) >= 11 is 0. The number of hydrogen-bond acceptors (Lipinski definition) is 1.